The summed E-state index contributed by atoms with van der Waals surface area (Å²) >= 11 is 0. The fraction of sp³-hybridized carbons (Fsp3) is 0.471. The zero-order chi connectivity index (χ0) is 14.5. The van der Waals surface area contributed by atoms with Gasteiger partial charge in [0.05, 0.1) is 12.6 Å². The highest BCUT2D eigenvalue weighted by Crippen LogP contribution is 2.29. The maximum Gasteiger partial charge on any atom is 0.119 e. The average molecular weight is 272 g/mol. The number of nitrogens with two attached hydrogens (primary N) is 1. The predicted octanol–water partition coefficient (Wildman–Crippen LogP) is 4.26. The first kappa shape index (κ1) is 14.6. The van der Waals surface area contributed by atoms with E-state index in [1.807, 2.05) is 18.2 Å². The van der Waals surface area contributed by atoms with Crippen LogP contribution in [0.15, 0.2) is 18.2 Å². The van der Waals surface area contributed by atoms with Gasteiger partial charge in [-0.1, -0.05) is 26.2 Å². The number of hydrogen-bond donors (Lipinski definition) is 1. The van der Waals surface area contributed by atoms with Gasteiger partial charge in [-0.3, -0.25) is 4.98 Å². The molecule has 2 rings (SSSR count). The molecule has 0 aliphatic heterocycles. The summed E-state index contributed by atoms with van der Waals surface area (Å²) in [4.78, 5) is 4.68. The molecule has 0 aliphatic rings. The molecule has 0 saturated carbocycles. The van der Waals surface area contributed by atoms with Crippen molar-refractivity contribution in [3.05, 3.63) is 29.5 Å². The highest BCUT2D eigenvalue weighted by Gasteiger charge is 2.10. The number of anilines is 1. The molecule has 0 atom stereocenters. The van der Waals surface area contributed by atoms with Gasteiger partial charge >= 0.3 is 0 Å². The van der Waals surface area contributed by atoms with E-state index in [9.17, 15) is 0 Å². The molecule has 2 N–H and O–H groups in total. The van der Waals surface area contributed by atoms with Crippen LogP contribution < -0.4 is 10.5 Å². The number of pyridine rings is 1. The molecular formula is C17H24N2O. The molecule has 0 aliphatic carbocycles. The van der Waals surface area contributed by atoms with Crippen molar-refractivity contribution in [2.75, 3.05) is 12.8 Å². The topological polar surface area (TPSA) is 48.1 Å². The maximum absolute atomic E-state index is 6.36. The van der Waals surface area contributed by atoms with E-state index in [2.05, 4.69) is 18.8 Å². The van der Waals surface area contributed by atoms with Gasteiger partial charge < -0.3 is 10.5 Å². The summed E-state index contributed by atoms with van der Waals surface area (Å²) < 4.78 is 5.28. The molecule has 0 radical (unpaired) electrons. The molecule has 3 nitrogen and oxygen atoms in total. The van der Waals surface area contributed by atoms with Gasteiger partial charge in [0, 0.05) is 16.8 Å². The standard InChI is InChI=1S/C17H24N2O/c1-4-5-6-7-8-14-12(2)19-16-10-9-13(20-3)11-15(16)17(14)18/h9-11H,4-8H2,1-3H3,(H2,18,19). The van der Waals surface area contributed by atoms with Crippen LogP contribution in [0, 0.1) is 6.92 Å². The average Bonchev–Trinajstić information content (AvgIpc) is 2.46. The number of benzene rings is 1. The number of aromatic nitrogens is 1. The van der Waals surface area contributed by atoms with Gasteiger partial charge in [-0.05, 0) is 43.5 Å². The van der Waals surface area contributed by atoms with Crippen LogP contribution in [0.5, 0.6) is 5.75 Å². The van der Waals surface area contributed by atoms with E-state index < -0.39 is 0 Å². The Balaban J connectivity index is 2.33. The largest absolute Gasteiger partial charge is 0.497 e. The van der Waals surface area contributed by atoms with E-state index >= 15 is 0 Å². The van der Waals surface area contributed by atoms with Crippen molar-refractivity contribution >= 4 is 16.6 Å². The molecule has 1 aromatic carbocycles. The molecule has 1 heterocycles. The fourth-order valence-electron chi connectivity index (χ4n) is 2.61. The predicted molar refractivity (Wildman–Crippen MR) is 85.3 cm³/mol. The highest BCUT2D eigenvalue weighted by molar-refractivity contribution is 5.93. The SMILES string of the molecule is CCCCCCc1c(C)nc2ccc(OC)cc2c1N. The number of methoxy groups -OCH3 is 1. The van der Waals surface area contributed by atoms with Gasteiger partial charge in [0.2, 0.25) is 0 Å². The van der Waals surface area contributed by atoms with E-state index in [0.717, 1.165) is 34.5 Å². The second kappa shape index (κ2) is 6.60. The molecule has 20 heavy (non-hydrogen) atoms. The maximum atomic E-state index is 6.36. The summed E-state index contributed by atoms with van der Waals surface area (Å²) in [6, 6.07) is 5.88. The number of ether oxygens (including phenoxy) is 1. The minimum absolute atomic E-state index is 0.826. The number of rotatable bonds is 6. The minimum Gasteiger partial charge on any atom is -0.497 e. The highest BCUT2D eigenvalue weighted by atomic mass is 16.5. The van der Waals surface area contributed by atoms with Gasteiger partial charge in [-0.25, -0.2) is 0 Å². The summed E-state index contributed by atoms with van der Waals surface area (Å²) in [7, 11) is 1.67. The first-order valence-corrected chi connectivity index (χ1v) is 7.40. The summed E-state index contributed by atoms with van der Waals surface area (Å²) in [5.41, 5.74) is 10.4. The second-order valence-electron chi connectivity index (χ2n) is 5.28. The number of aryl methyl sites for hydroxylation is 1. The summed E-state index contributed by atoms with van der Waals surface area (Å²) in [6.07, 6.45) is 5.98. The zero-order valence-electron chi connectivity index (χ0n) is 12.7. The Morgan fingerprint density at radius 1 is 1.20 bits per heavy atom. The number of nitrogen functional groups attached to an aromatic ring is 1. The van der Waals surface area contributed by atoms with E-state index in [-0.39, 0.29) is 0 Å². The molecule has 3 heteroatoms. The number of hydrogen-bond acceptors (Lipinski definition) is 3. The van der Waals surface area contributed by atoms with Crippen LogP contribution in [0.4, 0.5) is 5.69 Å². The van der Waals surface area contributed by atoms with Crippen LogP contribution in [0.25, 0.3) is 10.9 Å². The van der Waals surface area contributed by atoms with Gasteiger partial charge in [0.1, 0.15) is 5.75 Å². The van der Waals surface area contributed by atoms with Crippen molar-refractivity contribution in [3.63, 3.8) is 0 Å². The van der Waals surface area contributed by atoms with E-state index in [0.29, 0.717) is 0 Å². The fourth-order valence-corrected chi connectivity index (χ4v) is 2.61. The zero-order valence-corrected chi connectivity index (χ0v) is 12.7. The van der Waals surface area contributed by atoms with Gasteiger partial charge in [-0.2, -0.15) is 0 Å². The Kier molecular flexibility index (Phi) is 4.83. The molecule has 0 saturated heterocycles. The van der Waals surface area contributed by atoms with Crippen molar-refractivity contribution in [1.82, 2.24) is 4.98 Å². The Labute approximate surface area is 121 Å². The Morgan fingerprint density at radius 3 is 2.70 bits per heavy atom. The summed E-state index contributed by atoms with van der Waals surface area (Å²) in [6.45, 7) is 4.28. The third-order valence-corrected chi connectivity index (χ3v) is 3.82. The monoisotopic (exact) mass is 272 g/mol. The van der Waals surface area contributed by atoms with Crippen LogP contribution in [0.2, 0.25) is 0 Å². The number of nitrogens with zero attached hydrogens (tertiary/aromatic N) is 1. The van der Waals surface area contributed by atoms with Crippen molar-refractivity contribution in [2.45, 2.75) is 46.0 Å². The van der Waals surface area contributed by atoms with Crippen LogP contribution in [0.1, 0.15) is 43.9 Å². The summed E-state index contributed by atoms with van der Waals surface area (Å²) in [5, 5.41) is 1.00. The van der Waals surface area contributed by atoms with Crippen molar-refractivity contribution in [2.24, 2.45) is 0 Å². The lowest BCUT2D eigenvalue weighted by Gasteiger charge is -2.13. The molecular weight excluding hydrogens is 248 g/mol. The normalized spacial score (nSPS) is 10.9. The van der Waals surface area contributed by atoms with E-state index in [1.165, 1.54) is 31.2 Å². The molecule has 1 aromatic heterocycles. The number of fused-ring (bicyclic) bond motifs is 1. The molecule has 0 amide bonds. The molecule has 0 bridgehead atoms. The van der Waals surface area contributed by atoms with Crippen LogP contribution in [-0.4, -0.2) is 12.1 Å². The van der Waals surface area contributed by atoms with Gasteiger partial charge in [0.25, 0.3) is 0 Å². The van der Waals surface area contributed by atoms with E-state index in [1.54, 1.807) is 7.11 Å². The minimum atomic E-state index is 0.826. The molecule has 108 valence electrons. The Morgan fingerprint density at radius 2 is 2.00 bits per heavy atom. The van der Waals surface area contributed by atoms with Crippen molar-refractivity contribution in [1.29, 1.82) is 0 Å². The second-order valence-corrected chi connectivity index (χ2v) is 5.28. The molecule has 0 fully saturated rings. The first-order chi connectivity index (χ1) is 9.67. The lowest BCUT2D eigenvalue weighted by atomic mass is 10.0. The molecule has 0 unspecified atom stereocenters. The quantitative estimate of drug-likeness (QED) is 0.799. The van der Waals surface area contributed by atoms with Gasteiger partial charge in [0.15, 0.2) is 0 Å². The Hall–Kier alpha value is -1.77. The lowest BCUT2D eigenvalue weighted by molar-refractivity contribution is 0.415. The third kappa shape index (κ3) is 3.03. The van der Waals surface area contributed by atoms with Crippen molar-refractivity contribution in [3.8, 4) is 5.75 Å². The first-order valence-electron chi connectivity index (χ1n) is 7.40. The molecule has 2 aromatic rings. The van der Waals surface area contributed by atoms with Gasteiger partial charge in [-0.15, -0.1) is 0 Å². The lowest BCUT2D eigenvalue weighted by Crippen LogP contribution is -2.02. The van der Waals surface area contributed by atoms with Crippen LogP contribution >= 0.6 is 0 Å². The van der Waals surface area contributed by atoms with Crippen LogP contribution in [0.3, 0.4) is 0 Å². The Bertz CT molecular complexity index is 593. The number of unbranched alkanes of at least 4 members (excludes halogenated alkanes) is 3. The smallest absolute Gasteiger partial charge is 0.119 e. The third-order valence-electron chi connectivity index (χ3n) is 3.82. The van der Waals surface area contributed by atoms with Crippen molar-refractivity contribution < 1.29 is 4.74 Å². The summed E-state index contributed by atoms with van der Waals surface area (Å²) in [5.74, 6) is 0.826. The molecule has 0 spiro atoms. The van der Waals surface area contributed by atoms with E-state index in [4.69, 9.17) is 10.5 Å². The van der Waals surface area contributed by atoms with Crippen LogP contribution in [-0.2, 0) is 6.42 Å².